The van der Waals surface area contributed by atoms with Gasteiger partial charge < -0.3 is 29.9 Å². The van der Waals surface area contributed by atoms with E-state index < -0.39 is 87.8 Å². The van der Waals surface area contributed by atoms with Crippen LogP contribution in [-0.4, -0.2) is 79.0 Å². The van der Waals surface area contributed by atoms with E-state index >= 15 is 0 Å². The third-order valence-corrected chi connectivity index (χ3v) is 11.0. The first-order valence-corrected chi connectivity index (χ1v) is 13.0. The number of aliphatic hydroxyl groups is 4. The van der Waals surface area contributed by atoms with Crippen molar-refractivity contribution in [2.24, 2.45) is 28.6 Å². The largest absolute Gasteiger partial charge is 0.455 e. The van der Waals surface area contributed by atoms with Gasteiger partial charge in [-0.25, -0.2) is 9.59 Å². The van der Waals surface area contributed by atoms with Crippen molar-refractivity contribution in [1.82, 2.24) is 0 Å². The quantitative estimate of drug-likeness (QED) is 0.192. The van der Waals surface area contributed by atoms with Crippen molar-refractivity contribution in [3.8, 4) is 0 Å². The molecule has 0 aromatic heterocycles. The van der Waals surface area contributed by atoms with E-state index in [1.807, 2.05) is 0 Å². The fourth-order valence-corrected chi connectivity index (χ4v) is 8.67. The third-order valence-electron chi connectivity index (χ3n) is 11.0. The van der Waals surface area contributed by atoms with E-state index in [0.717, 1.165) is 0 Å². The average molecular weight is 529 g/mol. The fraction of sp³-hybridized carbons (Fsp3) is 0.643. The van der Waals surface area contributed by atoms with Crippen LogP contribution in [0.5, 0.6) is 0 Å². The van der Waals surface area contributed by atoms with Crippen LogP contribution in [0.3, 0.4) is 0 Å². The van der Waals surface area contributed by atoms with Gasteiger partial charge in [0.25, 0.3) is 0 Å². The van der Waals surface area contributed by atoms with E-state index in [9.17, 15) is 39.6 Å². The number of allylic oxidation sites excluding steroid dienone is 3. The van der Waals surface area contributed by atoms with Gasteiger partial charge in [0.1, 0.15) is 12.2 Å². The Labute approximate surface area is 219 Å². The highest BCUT2D eigenvalue weighted by Crippen LogP contribution is 2.67. The molecule has 11 atom stereocenters. The number of ketones is 2. The van der Waals surface area contributed by atoms with Crippen molar-refractivity contribution in [1.29, 1.82) is 0 Å². The molecule has 0 spiro atoms. The molecule has 6 aliphatic rings. The lowest BCUT2D eigenvalue weighted by molar-refractivity contribution is -0.279. The molecule has 0 aromatic carbocycles. The minimum atomic E-state index is -2.64. The average Bonchev–Trinajstić information content (AvgIpc) is 3.01. The van der Waals surface area contributed by atoms with Gasteiger partial charge in [-0.1, -0.05) is 31.2 Å². The summed E-state index contributed by atoms with van der Waals surface area (Å²) in [5, 5.41) is 47.4. The van der Waals surface area contributed by atoms with Crippen LogP contribution >= 0.6 is 0 Å². The van der Waals surface area contributed by atoms with Gasteiger partial charge in [-0.05, 0) is 51.5 Å². The highest BCUT2D eigenvalue weighted by atomic mass is 16.6. The van der Waals surface area contributed by atoms with Gasteiger partial charge in [0.15, 0.2) is 28.4 Å². The number of esters is 2. The fourth-order valence-electron chi connectivity index (χ4n) is 8.67. The van der Waals surface area contributed by atoms with Gasteiger partial charge >= 0.3 is 11.9 Å². The maximum absolute atomic E-state index is 14.4. The molecular formula is C28H32O10. The Hall–Kier alpha value is -2.66. The number of carbonyl (C=O) groups is 4. The van der Waals surface area contributed by atoms with Crippen molar-refractivity contribution < 1.29 is 49.1 Å². The van der Waals surface area contributed by atoms with E-state index in [1.165, 1.54) is 26.0 Å². The topological polar surface area (TPSA) is 168 Å². The van der Waals surface area contributed by atoms with Gasteiger partial charge in [-0.2, -0.15) is 0 Å². The van der Waals surface area contributed by atoms with Gasteiger partial charge in [0, 0.05) is 16.9 Å². The summed E-state index contributed by atoms with van der Waals surface area (Å²) in [5.41, 5.74) is -9.53. The molecule has 10 heteroatoms. The van der Waals surface area contributed by atoms with Gasteiger partial charge in [0.2, 0.25) is 0 Å². The Kier molecular flexibility index (Phi) is 4.92. The van der Waals surface area contributed by atoms with Crippen molar-refractivity contribution >= 4 is 23.5 Å². The molecule has 2 bridgehead atoms. The third kappa shape index (κ3) is 2.53. The first-order valence-electron chi connectivity index (χ1n) is 13.0. The molecule has 38 heavy (non-hydrogen) atoms. The number of hydrogen-bond donors (Lipinski definition) is 4. The summed E-state index contributed by atoms with van der Waals surface area (Å²) in [6.45, 7) is 8.32. The van der Waals surface area contributed by atoms with Crippen molar-refractivity contribution in [3.05, 3.63) is 36.0 Å². The Balaban J connectivity index is 1.61. The van der Waals surface area contributed by atoms with Gasteiger partial charge in [0.05, 0.1) is 17.4 Å². The Morgan fingerprint density at radius 2 is 1.76 bits per heavy atom. The normalized spacial score (nSPS) is 53.4. The standard InChI is InChI=1S/C28H32O10/c1-12-22(33)37-17-11-24(12,2)21-20(32)19(31)18-14(25(3)13(10-15(18)29)6-5-7-16(25)30)8-9-27(35)23(34)38-26(17,4)28(21,27)36/h5,7,10,14-15,17-19,21,29,31,35-36H,1,6,8-9,11H2,2-4H3/t14?,15-,17-,18?,19?,21?,24-,25+,26+,27-,28+/m1/s1. The van der Waals surface area contributed by atoms with E-state index in [-0.39, 0.29) is 24.2 Å². The zero-order chi connectivity index (χ0) is 27.8. The summed E-state index contributed by atoms with van der Waals surface area (Å²) in [6, 6.07) is 0. The Bertz CT molecular complexity index is 1280. The summed E-state index contributed by atoms with van der Waals surface area (Å²) in [4.78, 5) is 54.0. The van der Waals surface area contributed by atoms with Crippen LogP contribution in [0.15, 0.2) is 36.0 Å². The number of Topliss-reactive ketones (excluding diaryl/α,β-unsaturated/α-hetero) is 1. The first kappa shape index (κ1) is 25.6. The summed E-state index contributed by atoms with van der Waals surface area (Å²) < 4.78 is 11.1. The molecule has 4 N–H and O–H groups in total. The molecule has 0 aromatic rings. The number of ether oxygens (including phenoxy) is 2. The van der Waals surface area contributed by atoms with Crippen LogP contribution in [0.25, 0.3) is 0 Å². The van der Waals surface area contributed by atoms with Crippen LogP contribution in [0.4, 0.5) is 0 Å². The summed E-state index contributed by atoms with van der Waals surface area (Å²) >= 11 is 0. The summed E-state index contributed by atoms with van der Waals surface area (Å²) in [7, 11) is 0. The highest BCUT2D eigenvalue weighted by Gasteiger charge is 2.85. The number of hydrogen-bond acceptors (Lipinski definition) is 10. The first-order chi connectivity index (χ1) is 17.6. The molecule has 204 valence electrons. The highest BCUT2D eigenvalue weighted by molar-refractivity contribution is 6.00. The molecular weight excluding hydrogens is 496 g/mol. The molecule has 6 rings (SSSR count). The Morgan fingerprint density at radius 1 is 1.08 bits per heavy atom. The lowest BCUT2D eigenvalue weighted by Gasteiger charge is -2.61. The van der Waals surface area contributed by atoms with E-state index in [0.29, 0.717) is 12.0 Å². The zero-order valence-corrected chi connectivity index (χ0v) is 21.5. The van der Waals surface area contributed by atoms with Crippen LogP contribution in [0.2, 0.25) is 0 Å². The molecule has 0 amide bonds. The molecule has 10 nitrogen and oxygen atoms in total. The predicted octanol–water partition coefficient (Wildman–Crippen LogP) is 0.0643. The lowest BCUT2D eigenvalue weighted by Crippen LogP contribution is -2.79. The van der Waals surface area contributed by atoms with E-state index in [4.69, 9.17) is 9.47 Å². The number of carbonyl (C=O) groups excluding carboxylic acids is 4. The van der Waals surface area contributed by atoms with Crippen molar-refractivity contribution in [2.75, 3.05) is 0 Å². The molecule has 2 saturated carbocycles. The monoisotopic (exact) mass is 528 g/mol. The second kappa shape index (κ2) is 7.29. The smallest absolute Gasteiger partial charge is 0.342 e. The molecule has 4 aliphatic carbocycles. The SMILES string of the molecule is C=C1C(=O)O[C@@H]2C[C@@]1(C)C1C(=O)C(O)C3C(CC[C@@]4(O)C(=O)O[C@]2(C)[C@@]14O)[C@@]1(C)C(=O)C=CCC1=C[C@H]3O. The minimum Gasteiger partial charge on any atom is -0.455 e. The molecule has 4 fully saturated rings. The zero-order valence-electron chi connectivity index (χ0n) is 21.5. The predicted molar refractivity (Wildman–Crippen MR) is 128 cm³/mol. The van der Waals surface area contributed by atoms with E-state index in [1.54, 1.807) is 13.0 Å². The number of fused-ring (bicyclic) bond motifs is 7. The van der Waals surface area contributed by atoms with Crippen LogP contribution in [0, 0.1) is 28.6 Å². The van der Waals surface area contributed by atoms with Crippen molar-refractivity contribution in [3.63, 3.8) is 0 Å². The molecule has 0 radical (unpaired) electrons. The lowest BCUT2D eigenvalue weighted by atomic mass is 9.46. The summed E-state index contributed by atoms with van der Waals surface area (Å²) in [5.74, 6) is -7.03. The molecule has 2 heterocycles. The second-order valence-corrected chi connectivity index (χ2v) is 12.5. The van der Waals surface area contributed by atoms with Gasteiger partial charge in [-0.15, -0.1) is 0 Å². The Morgan fingerprint density at radius 3 is 2.45 bits per heavy atom. The molecule has 2 aliphatic heterocycles. The van der Waals surface area contributed by atoms with Crippen LogP contribution < -0.4 is 0 Å². The minimum absolute atomic E-state index is 0.0510. The van der Waals surface area contributed by atoms with E-state index in [2.05, 4.69) is 6.58 Å². The maximum atomic E-state index is 14.4. The second-order valence-electron chi connectivity index (χ2n) is 12.5. The molecule has 4 unspecified atom stereocenters. The maximum Gasteiger partial charge on any atom is 0.342 e. The molecule has 2 saturated heterocycles. The summed E-state index contributed by atoms with van der Waals surface area (Å²) in [6.07, 6.45) is -0.0178. The van der Waals surface area contributed by atoms with Crippen LogP contribution in [0.1, 0.15) is 46.5 Å². The van der Waals surface area contributed by atoms with Gasteiger partial charge in [-0.3, -0.25) is 9.59 Å². The number of rotatable bonds is 0. The van der Waals surface area contributed by atoms with Crippen molar-refractivity contribution in [2.45, 2.75) is 81.6 Å². The number of aliphatic hydroxyl groups excluding tert-OH is 2. The van der Waals surface area contributed by atoms with Crippen LogP contribution in [-0.2, 0) is 28.7 Å².